The number of esters is 1. The Hall–Kier alpha value is -1.35. The molecular formula is C16H25NO2. The monoisotopic (exact) mass is 263 g/mol. The van der Waals surface area contributed by atoms with Crippen LogP contribution in [0.25, 0.3) is 0 Å². The summed E-state index contributed by atoms with van der Waals surface area (Å²) in [7, 11) is 0. The summed E-state index contributed by atoms with van der Waals surface area (Å²) in [6.45, 7) is 9.75. The molecule has 0 saturated carbocycles. The minimum absolute atomic E-state index is 0.204. The average molecular weight is 263 g/mol. The van der Waals surface area contributed by atoms with Gasteiger partial charge in [-0.25, -0.2) is 0 Å². The molecule has 0 atom stereocenters. The van der Waals surface area contributed by atoms with Crippen LogP contribution in [0.1, 0.15) is 39.7 Å². The first-order valence-corrected chi connectivity index (χ1v) is 6.95. The van der Waals surface area contributed by atoms with Gasteiger partial charge in [0.2, 0.25) is 0 Å². The van der Waals surface area contributed by atoms with Crippen molar-refractivity contribution < 1.29 is 9.53 Å². The fourth-order valence-corrected chi connectivity index (χ4v) is 1.52. The van der Waals surface area contributed by atoms with Gasteiger partial charge in [-0.15, -0.1) is 0 Å². The van der Waals surface area contributed by atoms with Gasteiger partial charge in [0.15, 0.2) is 0 Å². The van der Waals surface area contributed by atoms with E-state index in [-0.39, 0.29) is 5.97 Å². The van der Waals surface area contributed by atoms with Gasteiger partial charge in [0.05, 0.1) is 5.41 Å². The summed E-state index contributed by atoms with van der Waals surface area (Å²) >= 11 is 0. The van der Waals surface area contributed by atoms with E-state index in [4.69, 9.17) is 4.74 Å². The summed E-state index contributed by atoms with van der Waals surface area (Å²) in [6, 6.07) is 7.75. The Morgan fingerprint density at radius 3 is 2.32 bits per heavy atom. The van der Waals surface area contributed by atoms with Gasteiger partial charge in [0.25, 0.3) is 0 Å². The molecule has 0 aliphatic heterocycles. The minimum Gasteiger partial charge on any atom is -0.426 e. The maximum absolute atomic E-state index is 11.7. The Kier molecular flexibility index (Phi) is 6.03. The molecule has 0 aromatic heterocycles. The Morgan fingerprint density at radius 1 is 1.16 bits per heavy atom. The first-order valence-electron chi connectivity index (χ1n) is 6.95. The van der Waals surface area contributed by atoms with E-state index in [1.54, 1.807) is 0 Å². The van der Waals surface area contributed by atoms with Gasteiger partial charge < -0.3 is 10.1 Å². The second-order valence-electron chi connectivity index (χ2n) is 5.78. The molecule has 1 N–H and O–H groups in total. The molecule has 0 spiro atoms. The zero-order valence-corrected chi connectivity index (χ0v) is 12.5. The first-order chi connectivity index (χ1) is 8.93. The van der Waals surface area contributed by atoms with Crippen LogP contribution in [0.3, 0.4) is 0 Å². The number of ether oxygens (including phenoxy) is 1. The molecule has 0 aliphatic carbocycles. The summed E-state index contributed by atoms with van der Waals surface area (Å²) in [5.74, 6) is 0.412. The summed E-state index contributed by atoms with van der Waals surface area (Å²) in [5, 5.41) is 3.36. The zero-order valence-electron chi connectivity index (χ0n) is 12.5. The minimum atomic E-state index is -0.470. The van der Waals surface area contributed by atoms with E-state index in [1.165, 1.54) is 5.56 Å². The maximum atomic E-state index is 11.7. The van der Waals surface area contributed by atoms with Crippen LogP contribution >= 0.6 is 0 Å². The van der Waals surface area contributed by atoms with E-state index >= 15 is 0 Å². The molecule has 0 radical (unpaired) electrons. The number of carbonyl (C=O) groups is 1. The summed E-state index contributed by atoms with van der Waals surface area (Å²) in [4.78, 5) is 11.7. The Morgan fingerprint density at radius 2 is 1.79 bits per heavy atom. The summed E-state index contributed by atoms with van der Waals surface area (Å²) in [5.41, 5.74) is 0.780. The van der Waals surface area contributed by atoms with Crippen LogP contribution in [0.4, 0.5) is 0 Å². The normalized spacial score (nSPS) is 11.4. The quantitative estimate of drug-likeness (QED) is 0.486. The summed E-state index contributed by atoms with van der Waals surface area (Å²) < 4.78 is 5.32. The highest BCUT2D eigenvalue weighted by molar-refractivity contribution is 5.77. The van der Waals surface area contributed by atoms with E-state index in [1.807, 2.05) is 45.0 Å². The maximum Gasteiger partial charge on any atom is 0.316 e. The lowest BCUT2D eigenvalue weighted by atomic mass is 9.97. The van der Waals surface area contributed by atoms with Crippen LogP contribution in [0, 0.1) is 5.41 Å². The molecule has 3 heteroatoms. The second-order valence-corrected chi connectivity index (χ2v) is 5.78. The molecule has 106 valence electrons. The van der Waals surface area contributed by atoms with Crippen molar-refractivity contribution in [1.82, 2.24) is 5.32 Å². The SMILES string of the molecule is CCCNCCc1ccc(OC(=O)C(C)(C)C)cc1. The average Bonchev–Trinajstić information content (AvgIpc) is 2.35. The number of carbonyl (C=O) groups excluding carboxylic acids is 1. The number of rotatable bonds is 6. The van der Waals surface area contributed by atoms with E-state index in [9.17, 15) is 4.79 Å². The Labute approximate surface area is 116 Å². The molecule has 1 aromatic rings. The van der Waals surface area contributed by atoms with Crippen molar-refractivity contribution in [2.24, 2.45) is 5.41 Å². The lowest BCUT2D eigenvalue weighted by Gasteiger charge is -2.16. The van der Waals surface area contributed by atoms with Gasteiger partial charge in [-0.05, 0) is 64.4 Å². The number of hydrogen-bond acceptors (Lipinski definition) is 3. The van der Waals surface area contributed by atoms with Crippen molar-refractivity contribution in [2.45, 2.75) is 40.5 Å². The number of benzene rings is 1. The smallest absolute Gasteiger partial charge is 0.316 e. The topological polar surface area (TPSA) is 38.3 Å². The number of hydrogen-bond donors (Lipinski definition) is 1. The van der Waals surface area contributed by atoms with Crippen LogP contribution in [0.5, 0.6) is 5.75 Å². The zero-order chi connectivity index (χ0) is 14.3. The van der Waals surface area contributed by atoms with Gasteiger partial charge in [0, 0.05) is 0 Å². The molecular weight excluding hydrogens is 238 g/mol. The highest BCUT2D eigenvalue weighted by Gasteiger charge is 2.23. The molecule has 1 aromatic carbocycles. The van der Waals surface area contributed by atoms with Crippen molar-refractivity contribution >= 4 is 5.97 Å². The molecule has 0 bridgehead atoms. The third kappa shape index (κ3) is 5.88. The van der Waals surface area contributed by atoms with Gasteiger partial charge in [-0.1, -0.05) is 19.1 Å². The first kappa shape index (κ1) is 15.7. The molecule has 0 fully saturated rings. The highest BCUT2D eigenvalue weighted by Crippen LogP contribution is 2.19. The van der Waals surface area contributed by atoms with Gasteiger partial charge in [-0.2, -0.15) is 0 Å². The van der Waals surface area contributed by atoms with Crippen molar-refractivity contribution in [2.75, 3.05) is 13.1 Å². The lowest BCUT2D eigenvalue weighted by Crippen LogP contribution is -2.25. The lowest BCUT2D eigenvalue weighted by molar-refractivity contribution is -0.142. The molecule has 1 rings (SSSR count). The molecule has 3 nitrogen and oxygen atoms in total. The Balaban J connectivity index is 2.45. The second kappa shape index (κ2) is 7.29. The molecule has 0 saturated heterocycles. The fourth-order valence-electron chi connectivity index (χ4n) is 1.52. The van der Waals surface area contributed by atoms with Crippen LogP contribution in [0.15, 0.2) is 24.3 Å². The number of nitrogens with one attached hydrogen (secondary N) is 1. The predicted molar refractivity (Wildman–Crippen MR) is 78.4 cm³/mol. The van der Waals surface area contributed by atoms with Crippen LogP contribution in [0.2, 0.25) is 0 Å². The molecule has 0 aliphatic rings. The molecule has 19 heavy (non-hydrogen) atoms. The van der Waals surface area contributed by atoms with E-state index in [0.29, 0.717) is 5.75 Å². The third-order valence-electron chi connectivity index (χ3n) is 2.76. The van der Waals surface area contributed by atoms with E-state index in [0.717, 1.165) is 25.9 Å². The summed E-state index contributed by atoms with van der Waals surface area (Å²) in [6.07, 6.45) is 2.15. The largest absolute Gasteiger partial charge is 0.426 e. The van der Waals surface area contributed by atoms with Crippen LogP contribution in [-0.4, -0.2) is 19.1 Å². The van der Waals surface area contributed by atoms with Gasteiger partial charge in [0.1, 0.15) is 5.75 Å². The van der Waals surface area contributed by atoms with Crippen LogP contribution < -0.4 is 10.1 Å². The Bertz CT molecular complexity index is 390. The van der Waals surface area contributed by atoms with Crippen molar-refractivity contribution in [3.8, 4) is 5.75 Å². The fraction of sp³-hybridized carbons (Fsp3) is 0.562. The van der Waals surface area contributed by atoms with Gasteiger partial charge in [-0.3, -0.25) is 4.79 Å². The molecule has 0 heterocycles. The van der Waals surface area contributed by atoms with Crippen molar-refractivity contribution in [3.63, 3.8) is 0 Å². The molecule has 0 unspecified atom stereocenters. The van der Waals surface area contributed by atoms with Crippen molar-refractivity contribution in [3.05, 3.63) is 29.8 Å². The highest BCUT2D eigenvalue weighted by atomic mass is 16.5. The van der Waals surface area contributed by atoms with E-state index < -0.39 is 5.41 Å². The van der Waals surface area contributed by atoms with E-state index in [2.05, 4.69) is 12.2 Å². The molecule has 0 amide bonds. The van der Waals surface area contributed by atoms with Crippen molar-refractivity contribution in [1.29, 1.82) is 0 Å². The predicted octanol–water partition coefficient (Wildman–Crippen LogP) is 3.18. The van der Waals surface area contributed by atoms with Gasteiger partial charge >= 0.3 is 5.97 Å². The third-order valence-corrected chi connectivity index (χ3v) is 2.76. The van der Waals surface area contributed by atoms with Crippen LogP contribution in [-0.2, 0) is 11.2 Å². The standard InChI is InChI=1S/C16H25NO2/c1-5-11-17-12-10-13-6-8-14(9-7-13)19-15(18)16(2,3)4/h6-9,17H,5,10-12H2,1-4H3.